The first-order valence-electron chi connectivity index (χ1n) is 5.17. The monoisotopic (exact) mass is 255 g/mol. The average Bonchev–Trinajstić information content (AvgIpc) is 2.30. The Labute approximate surface area is 105 Å². The Balaban J connectivity index is 2.73. The number of nitrogens with two attached hydrogens (primary N) is 1. The molecule has 0 spiro atoms. The largest absolute Gasteiger partial charge is 0.464 e. The van der Waals surface area contributed by atoms with Crippen molar-refractivity contribution in [3.8, 4) is 0 Å². The Hall–Kier alpha value is -1.27. The number of hydrogen-bond acceptors (Lipinski definition) is 6. The lowest BCUT2D eigenvalue weighted by Crippen LogP contribution is -2.15. The molecule has 1 aromatic rings. The van der Waals surface area contributed by atoms with E-state index in [1.165, 1.54) is 18.9 Å². The lowest BCUT2D eigenvalue weighted by molar-refractivity contribution is 0.0593. The minimum atomic E-state index is -0.445. The summed E-state index contributed by atoms with van der Waals surface area (Å²) >= 11 is 1.53. The summed E-state index contributed by atoms with van der Waals surface area (Å²) in [6.45, 7) is 0.925. The number of carbonyl (C=O) groups is 1. The number of ether oxygens (including phenoxy) is 1. The van der Waals surface area contributed by atoms with Crippen LogP contribution in [0.5, 0.6) is 0 Å². The second-order valence-corrected chi connectivity index (χ2v) is 4.82. The predicted octanol–water partition coefficient (Wildman–Crippen LogP) is 1.10. The highest BCUT2D eigenvalue weighted by molar-refractivity contribution is 7.99. The molecule has 17 heavy (non-hydrogen) atoms. The maximum Gasteiger partial charge on any atom is 0.356 e. The molecule has 0 unspecified atom stereocenters. The highest BCUT2D eigenvalue weighted by Gasteiger charge is 2.10. The van der Waals surface area contributed by atoms with Gasteiger partial charge in [0.25, 0.3) is 0 Å². The SMILES string of the molecule is COC(=O)c1ccc(N)c(SCCN(C)C)n1. The fraction of sp³-hybridized carbons (Fsp3) is 0.455. The first kappa shape index (κ1) is 13.8. The van der Waals surface area contributed by atoms with Gasteiger partial charge in [-0.15, -0.1) is 11.8 Å². The van der Waals surface area contributed by atoms with Gasteiger partial charge in [-0.2, -0.15) is 0 Å². The third-order valence-corrected chi connectivity index (χ3v) is 3.05. The van der Waals surface area contributed by atoms with Crippen molar-refractivity contribution in [2.45, 2.75) is 5.03 Å². The topological polar surface area (TPSA) is 68.5 Å². The highest BCUT2D eigenvalue weighted by Crippen LogP contribution is 2.22. The van der Waals surface area contributed by atoms with Crippen molar-refractivity contribution in [3.05, 3.63) is 17.8 Å². The second-order valence-electron chi connectivity index (χ2n) is 3.73. The van der Waals surface area contributed by atoms with Crippen LogP contribution in [0, 0.1) is 0 Å². The molecule has 0 saturated carbocycles. The lowest BCUT2D eigenvalue weighted by Gasteiger charge is -2.10. The highest BCUT2D eigenvalue weighted by atomic mass is 32.2. The van der Waals surface area contributed by atoms with E-state index in [9.17, 15) is 4.79 Å². The molecule has 1 rings (SSSR count). The fourth-order valence-electron chi connectivity index (χ4n) is 1.11. The molecular weight excluding hydrogens is 238 g/mol. The van der Waals surface area contributed by atoms with Gasteiger partial charge in [-0.25, -0.2) is 9.78 Å². The van der Waals surface area contributed by atoms with E-state index in [-0.39, 0.29) is 5.69 Å². The van der Waals surface area contributed by atoms with Crippen LogP contribution >= 0.6 is 11.8 Å². The number of aromatic nitrogens is 1. The summed E-state index contributed by atoms with van der Waals surface area (Å²) in [5.41, 5.74) is 6.67. The quantitative estimate of drug-likeness (QED) is 0.628. The summed E-state index contributed by atoms with van der Waals surface area (Å²) in [5, 5.41) is 0.676. The summed E-state index contributed by atoms with van der Waals surface area (Å²) in [4.78, 5) is 17.6. The van der Waals surface area contributed by atoms with Crippen molar-refractivity contribution < 1.29 is 9.53 Å². The summed E-state index contributed by atoms with van der Waals surface area (Å²) < 4.78 is 4.61. The van der Waals surface area contributed by atoms with Crippen molar-refractivity contribution in [2.75, 3.05) is 39.2 Å². The number of nitrogen functional groups attached to an aromatic ring is 1. The third-order valence-electron chi connectivity index (χ3n) is 2.06. The molecule has 0 fully saturated rings. The molecule has 5 nitrogen and oxygen atoms in total. The number of methoxy groups -OCH3 is 1. The average molecular weight is 255 g/mol. The van der Waals surface area contributed by atoms with Gasteiger partial charge < -0.3 is 15.4 Å². The molecule has 0 saturated heterocycles. The molecule has 0 bridgehead atoms. The van der Waals surface area contributed by atoms with Crippen LogP contribution in [0.4, 0.5) is 5.69 Å². The van der Waals surface area contributed by atoms with E-state index in [0.29, 0.717) is 10.7 Å². The Kier molecular flexibility index (Phi) is 5.24. The van der Waals surface area contributed by atoms with E-state index < -0.39 is 5.97 Å². The van der Waals surface area contributed by atoms with Crippen LogP contribution in [0.1, 0.15) is 10.5 Å². The molecule has 0 amide bonds. The van der Waals surface area contributed by atoms with Gasteiger partial charge in [0.15, 0.2) is 0 Å². The zero-order valence-corrected chi connectivity index (χ0v) is 11.1. The normalized spacial score (nSPS) is 10.6. The van der Waals surface area contributed by atoms with Crippen molar-refractivity contribution in [1.29, 1.82) is 0 Å². The second kappa shape index (κ2) is 6.46. The van der Waals surface area contributed by atoms with E-state index in [1.807, 2.05) is 14.1 Å². The number of rotatable bonds is 5. The van der Waals surface area contributed by atoms with Crippen molar-refractivity contribution in [2.24, 2.45) is 0 Å². The van der Waals surface area contributed by atoms with Gasteiger partial charge in [-0.05, 0) is 26.2 Å². The van der Waals surface area contributed by atoms with Crippen LogP contribution in [0.2, 0.25) is 0 Å². The summed E-state index contributed by atoms with van der Waals surface area (Å²) in [6, 6.07) is 3.24. The van der Waals surface area contributed by atoms with Crippen LogP contribution in [0.25, 0.3) is 0 Å². The first-order chi connectivity index (χ1) is 8.04. The zero-order valence-electron chi connectivity index (χ0n) is 10.3. The minimum Gasteiger partial charge on any atom is -0.464 e. The van der Waals surface area contributed by atoms with Gasteiger partial charge in [0.1, 0.15) is 10.7 Å². The van der Waals surface area contributed by atoms with Gasteiger partial charge in [-0.3, -0.25) is 0 Å². The zero-order chi connectivity index (χ0) is 12.8. The smallest absolute Gasteiger partial charge is 0.356 e. The van der Waals surface area contributed by atoms with E-state index in [2.05, 4.69) is 14.6 Å². The number of hydrogen-bond donors (Lipinski definition) is 1. The van der Waals surface area contributed by atoms with Gasteiger partial charge in [0, 0.05) is 12.3 Å². The molecule has 0 radical (unpaired) electrons. The number of pyridine rings is 1. The number of nitrogens with zero attached hydrogens (tertiary/aromatic N) is 2. The predicted molar refractivity (Wildman–Crippen MR) is 69.3 cm³/mol. The van der Waals surface area contributed by atoms with Gasteiger partial charge in [0.2, 0.25) is 0 Å². The number of esters is 1. The molecule has 1 heterocycles. The molecule has 6 heteroatoms. The maximum atomic E-state index is 11.3. The van der Waals surface area contributed by atoms with Crippen LogP contribution in [0.3, 0.4) is 0 Å². The Morgan fingerprint density at radius 2 is 2.24 bits per heavy atom. The Bertz CT molecular complexity index is 396. The molecule has 0 atom stereocenters. The number of thioether (sulfide) groups is 1. The molecule has 1 aromatic heterocycles. The van der Waals surface area contributed by atoms with Crippen molar-refractivity contribution >= 4 is 23.4 Å². The Morgan fingerprint density at radius 3 is 2.82 bits per heavy atom. The summed E-state index contributed by atoms with van der Waals surface area (Å²) in [5.74, 6) is 0.425. The van der Waals surface area contributed by atoms with Crippen molar-refractivity contribution in [3.63, 3.8) is 0 Å². The first-order valence-corrected chi connectivity index (χ1v) is 6.15. The van der Waals surface area contributed by atoms with Crippen LogP contribution in [-0.2, 0) is 4.74 Å². The molecule has 0 aromatic carbocycles. The van der Waals surface area contributed by atoms with E-state index in [4.69, 9.17) is 5.73 Å². The standard InChI is InChI=1S/C11H17N3O2S/c1-14(2)6-7-17-10-8(12)4-5-9(13-10)11(15)16-3/h4-5H,6-7,12H2,1-3H3. The molecule has 2 N–H and O–H groups in total. The van der Waals surface area contributed by atoms with Gasteiger partial charge >= 0.3 is 5.97 Å². The fourth-order valence-corrected chi connectivity index (χ4v) is 2.16. The number of carbonyl (C=O) groups excluding carboxylic acids is 1. The molecule has 0 aliphatic carbocycles. The van der Waals surface area contributed by atoms with E-state index in [0.717, 1.165) is 12.3 Å². The van der Waals surface area contributed by atoms with Crippen LogP contribution in [-0.4, -0.2) is 49.4 Å². The van der Waals surface area contributed by atoms with Gasteiger partial charge in [-0.1, -0.05) is 0 Å². The summed E-state index contributed by atoms with van der Waals surface area (Å²) in [6.07, 6.45) is 0. The summed E-state index contributed by atoms with van der Waals surface area (Å²) in [7, 11) is 5.34. The molecule has 94 valence electrons. The van der Waals surface area contributed by atoms with Crippen molar-refractivity contribution in [1.82, 2.24) is 9.88 Å². The van der Waals surface area contributed by atoms with E-state index >= 15 is 0 Å². The molecule has 0 aliphatic rings. The Morgan fingerprint density at radius 1 is 1.53 bits per heavy atom. The third kappa shape index (κ3) is 4.24. The lowest BCUT2D eigenvalue weighted by atomic mass is 10.3. The van der Waals surface area contributed by atoms with Crippen LogP contribution < -0.4 is 5.73 Å². The van der Waals surface area contributed by atoms with Crippen LogP contribution in [0.15, 0.2) is 17.2 Å². The molecular formula is C11H17N3O2S. The van der Waals surface area contributed by atoms with E-state index in [1.54, 1.807) is 12.1 Å². The maximum absolute atomic E-state index is 11.3. The van der Waals surface area contributed by atoms with Gasteiger partial charge in [0.05, 0.1) is 12.8 Å². The minimum absolute atomic E-state index is 0.286. The molecule has 0 aliphatic heterocycles. The number of anilines is 1.